The van der Waals surface area contributed by atoms with Crippen LogP contribution in [-0.4, -0.2) is 58.1 Å². The van der Waals surface area contributed by atoms with Gasteiger partial charge in [0.15, 0.2) is 0 Å². The van der Waals surface area contributed by atoms with Gasteiger partial charge in [0.2, 0.25) is 5.91 Å². The van der Waals surface area contributed by atoms with Gasteiger partial charge in [-0.25, -0.2) is 14.2 Å². The Kier molecular flexibility index (Phi) is 5.49. The van der Waals surface area contributed by atoms with Crippen molar-refractivity contribution in [2.75, 3.05) is 18.4 Å². The van der Waals surface area contributed by atoms with Gasteiger partial charge >= 0.3 is 0 Å². The van der Waals surface area contributed by atoms with Gasteiger partial charge in [0.05, 0.1) is 6.20 Å². The average Bonchev–Trinajstić information content (AvgIpc) is 3.33. The Balaban J connectivity index is 1.21. The molecule has 3 N–H and O–H groups in total. The zero-order chi connectivity index (χ0) is 21.5. The fourth-order valence-corrected chi connectivity index (χ4v) is 5.07. The molecule has 3 fully saturated rings. The summed E-state index contributed by atoms with van der Waals surface area (Å²) in [4.78, 5) is 15.0. The van der Waals surface area contributed by atoms with Crippen LogP contribution in [-0.2, 0) is 18.4 Å². The number of hydrogen-bond donors (Lipinski definition) is 3. The van der Waals surface area contributed by atoms with Gasteiger partial charge in [-0.15, -0.1) is 0 Å². The van der Waals surface area contributed by atoms with Crippen LogP contribution in [0.3, 0.4) is 0 Å². The van der Waals surface area contributed by atoms with Crippen molar-refractivity contribution in [3.8, 4) is 0 Å². The first-order valence-corrected chi connectivity index (χ1v) is 10.9. The van der Waals surface area contributed by atoms with Gasteiger partial charge in [0.1, 0.15) is 18.4 Å². The molecule has 9 heteroatoms. The molecule has 0 spiro atoms. The van der Waals surface area contributed by atoms with Crippen LogP contribution >= 0.6 is 0 Å². The number of anilines is 1. The predicted molar refractivity (Wildman–Crippen MR) is 113 cm³/mol. The van der Waals surface area contributed by atoms with Gasteiger partial charge in [-0.05, 0) is 36.1 Å². The quantitative estimate of drug-likeness (QED) is 0.676. The first-order chi connectivity index (χ1) is 15.0. The Labute approximate surface area is 180 Å². The molecule has 166 valence electrons. The lowest BCUT2D eigenvalue weighted by Gasteiger charge is -2.35. The number of carbonyl (C=O) groups excluding carboxylic acids is 1. The molecular formula is C22H28F2N6O. The molecule has 1 aromatic carbocycles. The second kappa shape index (κ2) is 8.29. The van der Waals surface area contributed by atoms with Gasteiger partial charge < -0.3 is 5.32 Å². The first kappa shape index (κ1) is 20.5. The van der Waals surface area contributed by atoms with E-state index in [4.69, 9.17) is 0 Å². The molecule has 3 aliphatic rings. The summed E-state index contributed by atoms with van der Waals surface area (Å²) in [6.45, 7) is 1.69. The number of carbonyl (C=O) groups is 1. The molecule has 2 saturated heterocycles. The standard InChI is InChI=1S/C22H28F2N6O/c1-29-10-14(8-25-29)17-6-18-20(7-19(17)24)27-28-21(18)22(31)26-16-4-2-13(3-5-16)9-30-11-15(23)12-30/h2-5,8,10,15,17-21,27-28H,6-7,9,11-12H2,1H3,(H,26,31). The lowest BCUT2D eigenvalue weighted by atomic mass is 9.73. The Hall–Kier alpha value is -2.36. The maximum absolute atomic E-state index is 14.8. The summed E-state index contributed by atoms with van der Waals surface area (Å²) >= 11 is 0. The number of rotatable bonds is 5. The van der Waals surface area contributed by atoms with Gasteiger partial charge in [-0.2, -0.15) is 5.10 Å². The maximum Gasteiger partial charge on any atom is 0.243 e. The number of likely N-dealkylation sites (tertiary alicyclic amines) is 1. The van der Waals surface area contributed by atoms with Crippen molar-refractivity contribution >= 4 is 11.6 Å². The molecule has 31 heavy (non-hydrogen) atoms. The molecule has 5 unspecified atom stereocenters. The van der Waals surface area contributed by atoms with E-state index in [2.05, 4.69) is 21.3 Å². The summed E-state index contributed by atoms with van der Waals surface area (Å²) < 4.78 is 29.5. The number of benzene rings is 1. The van der Waals surface area contributed by atoms with Gasteiger partial charge in [0, 0.05) is 56.4 Å². The number of fused-ring (bicyclic) bond motifs is 1. The van der Waals surface area contributed by atoms with E-state index in [9.17, 15) is 13.6 Å². The Morgan fingerprint density at radius 2 is 1.97 bits per heavy atom. The molecule has 3 heterocycles. The number of nitrogens with zero attached hydrogens (tertiary/aromatic N) is 3. The molecular weight excluding hydrogens is 402 g/mol. The molecule has 1 aliphatic carbocycles. The zero-order valence-corrected chi connectivity index (χ0v) is 17.5. The highest BCUT2D eigenvalue weighted by Gasteiger charge is 2.47. The Bertz CT molecular complexity index is 928. The zero-order valence-electron chi connectivity index (χ0n) is 17.5. The molecule has 5 rings (SSSR count). The fraction of sp³-hybridized carbons (Fsp3) is 0.545. The molecule has 1 saturated carbocycles. The van der Waals surface area contributed by atoms with E-state index in [0.29, 0.717) is 38.2 Å². The van der Waals surface area contributed by atoms with Crippen LogP contribution in [0, 0.1) is 5.92 Å². The largest absolute Gasteiger partial charge is 0.325 e. The van der Waals surface area contributed by atoms with Crippen molar-refractivity contribution in [1.29, 1.82) is 0 Å². The van der Waals surface area contributed by atoms with Crippen LogP contribution in [0.5, 0.6) is 0 Å². The van der Waals surface area contributed by atoms with Crippen LogP contribution in [0.4, 0.5) is 14.5 Å². The molecule has 7 nitrogen and oxygen atoms in total. The highest BCUT2D eigenvalue weighted by molar-refractivity contribution is 5.95. The number of aromatic nitrogens is 2. The summed E-state index contributed by atoms with van der Waals surface area (Å²) in [6, 6.07) is 7.15. The smallest absolute Gasteiger partial charge is 0.243 e. The fourth-order valence-electron chi connectivity index (χ4n) is 5.07. The summed E-state index contributed by atoms with van der Waals surface area (Å²) in [5.41, 5.74) is 8.90. The minimum Gasteiger partial charge on any atom is -0.325 e. The highest BCUT2D eigenvalue weighted by atomic mass is 19.1. The van der Waals surface area contributed by atoms with Crippen LogP contribution in [0.1, 0.15) is 29.9 Å². The lowest BCUT2D eigenvalue weighted by molar-refractivity contribution is -0.119. The molecule has 0 radical (unpaired) electrons. The molecule has 2 aromatic rings. The SMILES string of the molecule is Cn1cc(C2CC3C(CC2F)NNC3C(=O)Nc2ccc(CN3CC(F)C3)cc2)cn1. The number of hydrogen-bond acceptors (Lipinski definition) is 5. The van der Waals surface area contributed by atoms with E-state index in [1.54, 1.807) is 10.9 Å². The number of hydrazine groups is 1. The Morgan fingerprint density at radius 3 is 2.65 bits per heavy atom. The second-order valence-corrected chi connectivity index (χ2v) is 9.06. The van der Waals surface area contributed by atoms with Crippen LogP contribution < -0.4 is 16.2 Å². The van der Waals surface area contributed by atoms with Crippen molar-refractivity contribution in [2.45, 2.75) is 49.7 Å². The van der Waals surface area contributed by atoms with Crippen molar-refractivity contribution in [3.63, 3.8) is 0 Å². The first-order valence-electron chi connectivity index (χ1n) is 10.9. The van der Waals surface area contributed by atoms with Crippen molar-refractivity contribution in [1.82, 2.24) is 25.5 Å². The number of alkyl halides is 2. The summed E-state index contributed by atoms with van der Waals surface area (Å²) in [5, 5.41) is 7.15. The van der Waals surface area contributed by atoms with Gasteiger partial charge in [-0.3, -0.25) is 19.8 Å². The average molecular weight is 431 g/mol. The van der Waals surface area contributed by atoms with E-state index >= 15 is 0 Å². The van der Waals surface area contributed by atoms with E-state index < -0.39 is 18.4 Å². The summed E-state index contributed by atoms with van der Waals surface area (Å²) in [6.07, 6.45) is 2.86. The second-order valence-electron chi connectivity index (χ2n) is 9.06. The summed E-state index contributed by atoms with van der Waals surface area (Å²) in [5.74, 6) is -0.383. The van der Waals surface area contributed by atoms with E-state index in [1.807, 2.05) is 42.4 Å². The molecule has 1 aromatic heterocycles. The normalized spacial score (nSPS) is 31.3. The lowest BCUT2D eigenvalue weighted by Crippen LogP contribution is -2.47. The highest BCUT2D eigenvalue weighted by Crippen LogP contribution is 2.41. The van der Waals surface area contributed by atoms with E-state index in [0.717, 1.165) is 11.1 Å². The third kappa shape index (κ3) is 4.22. The van der Waals surface area contributed by atoms with Crippen molar-refractivity contribution in [3.05, 3.63) is 47.8 Å². The topological polar surface area (TPSA) is 74.2 Å². The predicted octanol–water partition coefficient (Wildman–Crippen LogP) is 1.89. The van der Waals surface area contributed by atoms with Crippen LogP contribution in [0.15, 0.2) is 36.7 Å². The van der Waals surface area contributed by atoms with E-state index in [1.165, 1.54) is 0 Å². The Morgan fingerprint density at radius 1 is 1.19 bits per heavy atom. The number of aryl methyl sites for hydroxylation is 1. The molecule has 1 amide bonds. The van der Waals surface area contributed by atoms with Gasteiger partial charge in [0.25, 0.3) is 0 Å². The molecule has 0 bridgehead atoms. The molecule has 2 aliphatic heterocycles. The number of halogens is 2. The minimum absolute atomic E-state index is 0.00320. The number of amides is 1. The minimum atomic E-state index is -0.965. The van der Waals surface area contributed by atoms with Crippen LogP contribution in [0.2, 0.25) is 0 Å². The monoisotopic (exact) mass is 430 g/mol. The van der Waals surface area contributed by atoms with E-state index in [-0.39, 0.29) is 23.8 Å². The summed E-state index contributed by atoms with van der Waals surface area (Å²) in [7, 11) is 1.82. The van der Waals surface area contributed by atoms with Gasteiger partial charge in [-0.1, -0.05) is 12.1 Å². The third-order valence-electron chi connectivity index (χ3n) is 6.79. The third-order valence-corrected chi connectivity index (χ3v) is 6.79. The van der Waals surface area contributed by atoms with Crippen molar-refractivity contribution < 1.29 is 13.6 Å². The number of nitrogens with one attached hydrogen (secondary N) is 3. The van der Waals surface area contributed by atoms with Crippen LogP contribution in [0.25, 0.3) is 0 Å². The molecule has 5 atom stereocenters. The maximum atomic E-state index is 14.8. The van der Waals surface area contributed by atoms with Crippen molar-refractivity contribution in [2.24, 2.45) is 13.0 Å².